The number of anilines is 1. The first-order valence-electron chi connectivity index (χ1n) is 2.61. The Morgan fingerprint density at radius 2 is 2.60 bits per heavy atom. The molecule has 0 aliphatic rings. The molecular formula is C5H6N2O3. The summed E-state index contributed by atoms with van der Waals surface area (Å²) in [5, 5.41) is 13.7. The summed E-state index contributed by atoms with van der Waals surface area (Å²) < 4.78 is 4.47. The fourth-order valence-electron chi connectivity index (χ4n) is 0.509. The van der Waals surface area contributed by atoms with E-state index in [0.717, 1.165) is 0 Å². The Morgan fingerprint density at radius 1 is 1.90 bits per heavy atom. The van der Waals surface area contributed by atoms with Crippen molar-refractivity contribution < 1.29 is 14.4 Å². The van der Waals surface area contributed by atoms with E-state index in [4.69, 9.17) is 5.11 Å². The van der Waals surface area contributed by atoms with Gasteiger partial charge in [-0.3, -0.25) is 5.32 Å². The molecule has 0 fully saturated rings. The van der Waals surface area contributed by atoms with Crippen molar-refractivity contribution in [2.75, 3.05) is 5.32 Å². The Hall–Kier alpha value is -1.52. The second-order valence-electron chi connectivity index (χ2n) is 1.78. The maximum absolute atomic E-state index is 10.0. The second kappa shape index (κ2) is 2.38. The zero-order valence-corrected chi connectivity index (χ0v) is 5.29. The van der Waals surface area contributed by atoms with Crippen molar-refractivity contribution in [1.29, 1.82) is 0 Å². The molecule has 0 saturated heterocycles. The number of amides is 1. The predicted octanol–water partition coefficient (Wildman–Crippen LogP) is 1.07. The minimum absolute atomic E-state index is 0.243. The molecule has 1 amide bonds. The quantitative estimate of drug-likeness (QED) is 0.615. The number of carbonyl (C=O) groups is 1. The second-order valence-corrected chi connectivity index (χ2v) is 1.78. The molecule has 0 unspecified atom stereocenters. The summed E-state index contributed by atoms with van der Waals surface area (Å²) >= 11 is 0. The van der Waals surface area contributed by atoms with Crippen LogP contribution in [0.15, 0.2) is 10.8 Å². The molecule has 0 atom stereocenters. The van der Waals surface area contributed by atoms with Gasteiger partial charge in [0.1, 0.15) is 6.26 Å². The zero-order valence-electron chi connectivity index (χ0n) is 5.29. The first-order chi connectivity index (χ1) is 4.70. The topological polar surface area (TPSA) is 75.4 Å². The smallest absolute Gasteiger partial charge is 0.410 e. The lowest BCUT2D eigenvalue weighted by Gasteiger charge is -1.92. The van der Waals surface area contributed by atoms with Gasteiger partial charge in [-0.05, 0) is 6.92 Å². The van der Waals surface area contributed by atoms with Crippen molar-refractivity contribution in [2.24, 2.45) is 0 Å². The number of aromatic nitrogens is 1. The summed E-state index contributed by atoms with van der Waals surface area (Å²) in [6.07, 6.45) is 0.225. The van der Waals surface area contributed by atoms with Crippen molar-refractivity contribution in [2.45, 2.75) is 6.92 Å². The Labute approximate surface area is 56.6 Å². The van der Waals surface area contributed by atoms with E-state index in [1.807, 2.05) is 0 Å². The van der Waals surface area contributed by atoms with Crippen molar-refractivity contribution in [3.63, 3.8) is 0 Å². The molecule has 0 spiro atoms. The van der Waals surface area contributed by atoms with Gasteiger partial charge in [0.2, 0.25) is 0 Å². The standard InChI is InChI=1S/C5H6N2O3/c1-3-2-10-7-4(3)6-5(8)9/h2H,1H3,(H,6,7)(H,8,9). The summed E-state index contributed by atoms with van der Waals surface area (Å²) in [5.74, 6) is 0.243. The Bertz CT molecular complexity index is 243. The lowest BCUT2D eigenvalue weighted by atomic mass is 10.4. The highest BCUT2D eigenvalue weighted by molar-refractivity contribution is 5.82. The molecule has 1 heterocycles. The molecule has 0 aliphatic heterocycles. The van der Waals surface area contributed by atoms with Crippen LogP contribution in [-0.4, -0.2) is 16.4 Å². The van der Waals surface area contributed by atoms with E-state index in [2.05, 4.69) is 15.0 Å². The summed E-state index contributed by atoms with van der Waals surface area (Å²) in [6, 6.07) is 0. The van der Waals surface area contributed by atoms with Crippen LogP contribution in [0.3, 0.4) is 0 Å². The third-order valence-corrected chi connectivity index (χ3v) is 0.972. The summed E-state index contributed by atoms with van der Waals surface area (Å²) in [4.78, 5) is 10.0. The van der Waals surface area contributed by atoms with Crippen LogP contribution in [0, 0.1) is 6.92 Å². The number of aryl methyl sites for hydroxylation is 1. The molecule has 1 aromatic heterocycles. The highest BCUT2D eigenvalue weighted by Crippen LogP contribution is 2.09. The van der Waals surface area contributed by atoms with E-state index in [9.17, 15) is 4.79 Å². The molecule has 0 radical (unpaired) electrons. The van der Waals surface area contributed by atoms with Gasteiger partial charge in [0.15, 0.2) is 5.82 Å². The zero-order chi connectivity index (χ0) is 7.56. The third-order valence-electron chi connectivity index (χ3n) is 0.972. The minimum Gasteiger partial charge on any atom is -0.465 e. The predicted molar refractivity (Wildman–Crippen MR) is 32.9 cm³/mol. The van der Waals surface area contributed by atoms with Crippen molar-refractivity contribution in [3.05, 3.63) is 11.8 Å². The first-order valence-corrected chi connectivity index (χ1v) is 2.61. The number of hydrogen-bond donors (Lipinski definition) is 2. The van der Waals surface area contributed by atoms with Crippen molar-refractivity contribution in [1.82, 2.24) is 5.16 Å². The molecule has 1 aromatic rings. The lowest BCUT2D eigenvalue weighted by molar-refractivity contribution is 0.209. The number of nitrogens with zero attached hydrogens (tertiary/aromatic N) is 1. The minimum atomic E-state index is -1.14. The number of hydrogen-bond acceptors (Lipinski definition) is 3. The average Bonchev–Trinajstić information content (AvgIpc) is 2.15. The summed E-state index contributed by atoms with van der Waals surface area (Å²) in [7, 11) is 0. The molecular weight excluding hydrogens is 136 g/mol. The number of nitrogens with one attached hydrogen (secondary N) is 1. The SMILES string of the molecule is Cc1conc1NC(=O)O. The van der Waals surface area contributed by atoms with Gasteiger partial charge in [0, 0.05) is 5.56 Å². The van der Waals surface area contributed by atoms with E-state index in [-0.39, 0.29) is 5.82 Å². The monoisotopic (exact) mass is 142 g/mol. The van der Waals surface area contributed by atoms with Gasteiger partial charge in [-0.1, -0.05) is 5.16 Å². The molecule has 10 heavy (non-hydrogen) atoms. The van der Waals surface area contributed by atoms with Gasteiger partial charge >= 0.3 is 6.09 Å². The van der Waals surface area contributed by atoms with Crippen LogP contribution < -0.4 is 5.32 Å². The van der Waals surface area contributed by atoms with Crippen LogP contribution in [-0.2, 0) is 0 Å². The van der Waals surface area contributed by atoms with Crippen LogP contribution in [0.25, 0.3) is 0 Å². The van der Waals surface area contributed by atoms with Gasteiger partial charge in [-0.15, -0.1) is 0 Å². The van der Waals surface area contributed by atoms with E-state index in [1.165, 1.54) is 6.26 Å². The van der Waals surface area contributed by atoms with E-state index < -0.39 is 6.09 Å². The molecule has 5 heteroatoms. The van der Waals surface area contributed by atoms with E-state index >= 15 is 0 Å². The number of rotatable bonds is 1. The number of carboxylic acid groups (broad SMARTS) is 1. The maximum atomic E-state index is 10.0. The van der Waals surface area contributed by atoms with Crippen LogP contribution in [0.4, 0.5) is 10.6 Å². The van der Waals surface area contributed by atoms with E-state index in [1.54, 1.807) is 6.92 Å². The van der Waals surface area contributed by atoms with Gasteiger partial charge in [0.25, 0.3) is 0 Å². The average molecular weight is 142 g/mol. The van der Waals surface area contributed by atoms with Gasteiger partial charge in [0.05, 0.1) is 0 Å². The largest absolute Gasteiger partial charge is 0.465 e. The lowest BCUT2D eigenvalue weighted by Crippen LogP contribution is -2.08. The van der Waals surface area contributed by atoms with Crippen molar-refractivity contribution in [3.8, 4) is 0 Å². The Morgan fingerprint density at radius 3 is 3.00 bits per heavy atom. The Balaban J connectivity index is 2.74. The van der Waals surface area contributed by atoms with Crippen LogP contribution in [0.1, 0.15) is 5.56 Å². The first kappa shape index (κ1) is 6.60. The van der Waals surface area contributed by atoms with Crippen LogP contribution >= 0.6 is 0 Å². The van der Waals surface area contributed by atoms with Gasteiger partial charge in [-0.25, -0.2) is 4.79 Å². The summed E-state index contributed by atoms with van der Waals surface area (Å²) in [5.41, 5.74) is 0.669. The van der Waals surface area contributed by atoms with Crippen LogP contribution in [0.5, 0.6) is 0 Å². The molecule has 1 rings (SSSR count). The normalized spacial score (nSPS) is 9.30. The maximum Gasteiger partial charge on any atom is 0.410 e. The molecule has 0 aromatic carbocycles. The molecule has 5 nitrogen and oxygen atoms in total. The Kier molecular flexibility index (Phi) is 1.57. The van der Waals surface area contributed by atoms with Gasteiger partial charge < -0.3 is 9.63 Å². The molecule has 0 saturated carbocycles. The van der Waals surface area contributed by atoms with Crippen LogP contribution in [0.2, 0.25) is 0 Å². The summed E-state index contributed by atoms with van der Waals surface area (Å²) in [6.45, 7) is 1.70. The molecule has 0 aliphatic carbocycles. The fourth-order valence-corrected chi connectivity index (χ4v) is 0.509. The van der Waals surface area contributed by atoms with Gasteiger partial charge in [-0.2, -0.15) is 0 Å². The molecule has 0 bridgehead atoms. The van der Waals surface area contributed by atoms with E-state index in [0.29, 0.717) is 5.56 Å². The third kappa shape index (κ3) is 1.25. The highest BCUT2D eigenvalue weighted by atomic mass is 16.5. The fraction of sp³-hybridized carbons (Fsp3) is 0.200. The highest BCUT2D eigenvalue weighted by Gasteiger charge is 2.04. The molecule has 54 valence electrons. The van der Waals surface area contributed by atoms with Crippen molar-refractivity contribution >= 4 is 11.9 Å². The molecule has 2 N–H and O–H groups in total.